The third kappa shape index (κ3) is 2.24. The highest BCUT2D eigenvalue weighted by Crippen LogP contribution is 2.35. The van der Waals surface area contributed by atoms with Crippen LogP contribution in [0, 0.1) is 0 Å². The van der Waals surface area contributed by atoms with Crippen LogP contribution in [0.1, 0.15) is 5.56 Å². The van der Waals surface area contributed by atoms with Gasteiger partial charge in [-0.05, 0) is 18.2 Å². The molecule has 0 unspecified atom stereocenters. The van der Waals surface area contributed by atoms with Crippen molar-refractivity contribution in [3.8, 4) is 11.5 Å². The zero-order valence-corrected chi connectivity index (χ0v) is 11.1. The van der Waals surface area contributed by atoms with E-state index in [4.69, 9.17) is 9.47 Å². The molecule has 0 N–H and O–H groups in total. The van der Waals surface area contributed by atoms with E-state index in [1.54, 1.807) is 0 Å². The number of rotatable bonds is 2. The Labute approximate surface area is 113 Å². The second-order valence-corrected chi connectivity index (χ2v) is 4.67. The highest BCUT2D eigenvalue weighted by Gasteiger charge is 2.12. The first-order valence-corrected chi connectivity index (χ1v) is 6.30. The molecule has 0 saturated carbocycles. The van der Waals surface area contributed by atoms with Crippen LogP contribution in [0.4, 0.5) is 5.69 Å². The molecule has 1 aliphatic rings. The molecule has 0 saturated heterocycles. The molecule has 2 aromatic rings. The Balaban J connectivity index is 1.87. The summed E-state index contributed by atoms with van der Waals surface area (Å²) < 4.78 is 11.6. The lowest BCUT2D eigenvalue weighted by Gasteiger charge is -1.99. The topological polar surface area (TPSA) is 30.8 Å². The van der Waals surface area contributed by atoms with Crippen molar-refractivity contribution < 1.29 is 9.47 Å². The molecule has 90 valence electrons. The van der Waals surface area contributed by atoms with Crippen LogP contribution in [0.25, 0.3) is 0 Å². The van der Waals surface area contributed by atoms with E-state index in [0.29, 0.717) is 0 Å². The summed E-state index contributed by atoms with van der Waals surface area (Å²) in [5.74, 6) is 1.52. The van der Waals surface area contributed by atoms with Crippen molar-refractivity contribution in [2.24, 2.45) is 4.99 Å². The molecule has 0 radical (unpaired) electrons. The fourth-order valence-corrected chi connectivity index (χ4v) is 2.08. The summed E-state index contributed by atoms with van der Waals surface area (Å²) in [6, 6.07) is 13.6. The van der Waals surface area contributed by atoms with E-state index < -0.39 is 0 Å². The summed E-state index contributed by atoms with van der Waals surface area (Å²) in [7, 11) is 0. The molecule has 2 aromatic carbocycles. The smallest absolute Gasteiger partial charge is 0.231 e. The molecule has 1 aliphatic heterocycles. The number of hydrogen-bond donors (Lipinski definition) is 0. The van der Waals surface area contributed by atoms with Crippen LogP contribution in [-0.2, 0) is 0 Å². The zero-order chi connectivity index (χ0) is 12.4. The summed E-state index contributed by atoms with van der Waals surface area (Å²) in [5.41, 5.74) is 1.88. The maximum Gasteiger partial charge on any atom is 0.231 e. The van der Waals surface area contributed by atoms with Gasteiger partial charge in [-0.15, -0.1) is 0 Å². The number of aliphatic imine (C=N–C) groups is 1. The Morgan fingerprint density at radius 3 is 2.78 bits per heavy atom. The minimum Gasteiger partial charge on any atom is -0.454 e. The van der Waals surface area contributed by atoms with Gasteiger partial charge >= 0.3 is 0 Å². The number of nitrogens with zero attached hydrogens (tertiary/aromatic N) is 1. The molecule has 18 heavy (non-hydrogen) atoms. The molecule has 0 aromatic heterocycles. The van der Waals surface area contributed by atoms with Gasteiger partial charge < -0.3 is 9.47 Å². The van der Waals surface area contributed by atoms with Crippen molar-refractivity contribution in [3.63, 3.8) is 0 Å². The second kappa shape index (κ2) is 4.82. The molecule has 0 amide bonds. The first-order chi connectivity index (χ1) is 8.83. The highest BCUT2D eigenvalue weighted by atomic mass is 79.9. The number of ether oxygens (including phenoxy) is 2. The van der Waals surface area contributed by atoms with Crippen LogP contribution in [0.3, 0.4) is 0 Å². The third-order valence-corrected chi connectivity index (χ3v) is 3.34. The van der Waals surface area contributed by atoms with Crippen molar-refractivity contribution >= 4 is 27.8 Å². The average Bonchev–Trinajstić information content (AvgIpc) is 2.85. The van der Waals surface area contributed by atoms with Crippen LogP contribution in [-0.4, -0.2) is 13.0 Å². The van der Waals surface area contributed by atoms with E-state index in [2.05, 4.69) is 20.9 Å². The molecule has 0 spiro atoms. The lowest BCUT2D eigenvalue weighted by molar-refractivity contribution is 0.174. The van der Waals surface area contributed by atoms with Gasteiger partial charge in [0.2, 0.25) is 6.79 Å². The summed E-state index contributed by atoms with van der Waals surface area (Å²) in [4.78, 5) is 4.42. The number of benzene rings is 2. The van der Waals surface area contributed by atoms with Crippen LogP contribution in [0.5, 0.6) is 11.5 Å². The number of fused-ring (bicyclic) bond motifs is 1. The second-order valence-electron chi connectivity index (χ2n) is 3.82. The van der Waals surface area contributed by atoms with Crippen molar-refractivity contribution in [2.45, 2.75) is 0 Å². The summed E-state index contributed by atoms with van der Waals surface area (Å²) >= 11 is 3.48. The molecule has 0 aliphatic carbocycles. The van der Waals surface area contributed by atoms with Crippen molar-refractivity contribution in [3.05, 3.63) is 52.5 Å². The average molecular weight is 304 g/mol. The van der Waals surface area contributed by atoms with Crippen LogP contribution >= 0.6 is 15.9 Å². The lowest BCUT2D eigenvalue weighted by atomic mass is 10.2. The minimum atomic E-state index is 0.284. The first kappa shape index (κ1) is 11.3. The molecular formula is C14H10BrNO2. The molecule has 3 nitrogen and oxygen atoms in total. The number of hydrogen-bond acceptors (Lipinski definition) is 3. The lowest BCUT2D eigenvalue weighted by Crippen LogP contribution is -1.92. The van der Waals surface area contributed by atoms with Gasteiger partial charge in [-0.2, -0.15) is 0 Å². The molecule has 0 bridgehead atoms. The van der Waals surface area contributed by atoms with E-state index in [1.165, 1.54) is 0 Å². The van der Waals surface area contributed by atoms with Crippen LogP contribution < -0.4 is 9.47 Å². The predicted octanol–water partition coefficient (Wildman–Crippen LogP) is 3.93. The molecular weight excluding hydrogens is 294 g/mol. The molecule has 3 rings (SSSR count). The molecule has 1 heterocycles. The molecule has 4 heteroatoms. The van der Waals surface area contributed by atoms with Crippen LogP contribution in [0.15, 0.2) is 51.9 Å². The monoisotopic (exact) mass is 303 g/mol. The third-order valence-electron chi connectivity index (χ3n) is 2.61. The van der Waals surface area contributed by atoms with Gasteiger partial charge in [-0.3, -0.25) is 4.99 Å². The van der Waals surface area contributed by atoms with Crippen molar-refractivity contribution in [2.75, 3.05) is 6.79 Å². The van der Waals surface area contributed by atoms with Gasteiger partial charge in [0.15, 0.2) is 11.5 Å². The van der Waals surface area contributed by atoms with E-state index in [9.17, 15) is 0 Å². The maximum absolute atomic E-state index is 5.31. The van der Waals surface area contributed by atoms with E-state index in [0.717, 1.165) is 27.2 Å². The van der Waals surface area contributed by atoms with Gasteiger partial charge in [-0.1, -0.05) is 34.1 Å². The van der Waals surface area contributed by atoms with E-state index in [-0.39, 0.29) is 6.79 Å². The van der Waals surface area contributed by atoms with Crippen LogP contribution in [0.2, 0.25) is 0 Å². The summed E-state index contributed by atoms with van der Waals surface area (Å²) in [6.07, 6.45) is 1.82. The normalized spacial score (nSPS) is 13.2. The maximum atomic E-state index is 5.31. The highest BCUT2D eigenvalue weighted by molar-refractivity contribution is 9.10. The Kier molecular flexibility index (Phi) is 3.02. The Bertz CT molecular complexity index is 610. The van der Waals surface area contributed by atoms with E-state index >= 15 is 0 Å². The Hall–Kier alpha value is -1.81. The Morgan fingerprint density at radius 2 is 1.89 bits per heavy atom. The van der Waals surface area contributed by atoms with Gasteiger partial charge in [0.05, 0.1) is 5.69 Å². The first-order valence-electron chi connectivity index (χ1n) is 5.51. The van der Waals surface area contributed by atoms with E-state index in [1.807, 2.05) is 48.7 Å². The van der Waals surface area contributed by atoms with Gasteiger partial charge in [0.25, 0.3) is 0 Å². The Morgan fingerprint density at radius 1 is 1.06 bits per heavy atom. The summed E-state index contributed by atoms with van der Waals surface area (Å²) in [6.45, 7) is 0.284. The predicted molar refractivity (Wildman–Crippen MR) is 74.0 cm³/mol. The molecule has 0 atom stereocenters. The largest absolute Gasteiger partial charge is 0.454 e. The standard InChI is InChI=1S/C14H10BrNO2/c15-12-4-2-1-3-10(12)8-16-11-5-6-13-14(7-11)18-9-17-13/h1-8H,9H2. The van der Waals surface area contributed by atoms with Crippen molar-refractivity contribution in [1.82, 2.24) is 0 Å². The van der Waals surface area contributed by atoms with Gasteiger partial charge in [0.1, 0.15) is 0 Å². The zero-order valence-electron chi connectivity index (χ0n) is 9.47. The SMILES string of the molecule is Brc1ccccc1C=Nc1ccc2c(c1)OCO2. The van der Waals surface area contributed by atoms with Gasteiger partial charge in [0, 0.05) is 22.3 Å². The summed E-state index contributed by atoms with van der Waals surface area (Å²) in [5, 5.41) is 0. The quantitative estimate of drug-likeness (QED) is 0.787. The minimum absolute atomic E-state index is 0.284. The van der Waals surface area contributed by atoms with Crippen molar-refractivity contribution in [1.29, 1.82) is 0 Å². The van der Waals surface area contributed by atoms with Gasteiger partial charge in [-0.25, -0.2) is 0 Å². The molecule has 0 fully saturated rings. The fourth-order valence-electron chi connectivity index (χ4n) is 1.69. The number of halogens is 1. The fraction of sp³-hybridized carbons (Fsp3) is 0.0714.